The van der Waals surface area contributed by atoms with Gasteiger partial charge in [0.2, 0.25) is 0 Å². The predicted molar refractivity (Wildman–Crippen MR) is 102 cm³/mol. The maximum atomic E-state index is 12.5. The van der Waals surface area contributed by atoms with E-state index in [0.29, 0.717) is 29.0 Å². The van der Waals surface area contributed by atoms with Crippen LogP contribution < -0.4 is 15.7 Å². The smallest absolute Gasteiger partial charge is 0.349 e. The Kier molecular flexibility index (Phi) is 5.07. The molecule has 1 aromatic heterocycles. The molecule has 0 saturated carbocycles. The van der Waals surface area contributed by atoms with E-state index in [-0.39, 0.29) is 5.56 Å². The van der Waals surface area contributed by atoms with Crippen LogP contribution in [-0.4, -0.2) is 12.5 Å². The molecule has 0 bridgehead atoms. The standard InChI is InChI=1S/C21H21NO4/c1-4-7-25-17-6-5-15-11-18(21(24)26-19(15)12-17)20(23)22-16-9-13(2)8-14(3)10-16/h5-6,8-12H,4,7H2,1-3H3,(H,22,23). The van der Waals surface area contributed by atoms with Gasteiger partial charge in [-0.05, 0) is 61.7 Å². The van der Waals surface area contributed by atoms with E-state index >= 15 is 0 Å². The first-order chi connectivity index (χ1) is 12.5. The van der Waals surface area contributed by atoms with E-state index in [1.165, 1.54) is 0 Å². The number of hydrogen-bond donors (Lipinski definition) is 1. The van der Waals surface area contributed by atoms with Gasteiger partial charge in [-0.15, -0.1) is 0 Å². The van der Waals surface area contributed by atoms with Gasteiger partial charge >= 0.3 is 5.63 Å². The van der Waals surface area contributed by atoms with Crippen molar-refractivity contribution >= 4 is 22.6 Å². The molecule has 1 N–H and O–H groups in total. The average molecular weight is 351 g/mol. The van der Waals surface area contributed by atoms with Gasteiger partial charge in [0.25, 0.3) is 5.91 Å². The Hall–Kier alpha value is -3.08. The van der Waals surface area contributed by atoms with Crippen LogP contribution in [0.5, 0.6) is 5.75 Å². The molecule has 0 aliphatic rings. The fourth-order valence-electron chi connectivity index (χ4n) is 2.80. The monoisotopic (exact) mass is 351 g/mol. The van der Waals surface area contributed by atoms with Crippen molar-refractivity contribution in [1.82, 2.24) is 0 Å². The number of nitrogens with one attached hydrogen (secondary N) is 1. The van der Waals surface area contributed by atoms with Crippen molar-refractivity contribution in [2.45, 2.75) is 27.2 Å². The Bertz CT molecular complexity index is 1000. The molecule has 0 unspecified atom stereocenters. The number of fused-ring (bicyclic) bond motifs is 1. The molecule has 0 radical (unpaired) electrons. The minimum absolute atomic E-state index is 0.0288. The van der Waals surface area contributed by atoms with Crippen LogP contribution in [0.3, 0.4) is 0 Å². The lowest BCUT2D eigenvalue weighted by atomic mass is 10.1. The molecule has 5 nitrogen and oxygen atoms in total. The number of aryl methyl sites for hydroxylation is 2. The van der Waals surface area contributed by atoms with E-state index < -0.39 is 11.5 Å². The van der Waals surface area contributed by atoms with Crippen LogP contribution in [-0.2, 0) is 0 Å². The highest BCUT2D eigenvalue weighted by molar-refractivity contribution is 6.05. The van der Waals surface area contributed by atoms with Crippen LogP contribution in [0.4, 0.5) is 5.69 Å². The van der Waals surface area contributed by atoms with Crippen molar-refractivity contribution in [2.75, 3.05) is 11.9 Å². The van der Waals surface area contributed by atoms with Crippen LogP contribution in [0.15, 0.2) is 51.7 Å². The number of rotatable bonds is 5. The molecule has 3 rings (SSSR count). The lowest BCUT2D eigenvalue weighted by Crippen LogP contribution is -2.20. The number of ether oxygens (including phenoxy) is 1. The van der Waals surface area contributed by atoms with Gasteiger partial charge in [0, 0.05) is 17.1 Å². The van der Waals surface area contributed by atoms with Crippen molar-refractivity contribution in [2.24, 2.45) is 0 Å². The summed E-state index contributed by atoms with van der Waals surface area (Å²) in [6, 6.07) is 12.5. The molecule has 2 aromatic carbocycles. The third-order valence-electron chi connectivity index (χ3n) is 3.90. The molecule has 0 fully saturated rings. The molecule has 1 heterocycles. The van der Waals surface area contributed by atoms with Gasteiger partial charge in [-0.3, -0.25) is 4.79 Å². The van der Waals surface area contributed by atoms with Gasteiger partial charge < -0.3 is 14.5 Å². The number of anilines is 1. The zero-order chi connectivity index (χ0) is 18.7. The Labute approximate surface area is 151 Å². The average Bonchev–Trinajstić information content (AvgIpc) is 2.58. The van der Waals surface area contributed by atoms with Crippen LogP contribution in [0, 0.1) is 13.8 Å². The number of carbonyl (C=O) groups is 1. The normalized spacial score (nSPS) is 10.7. The summed E-state index contributed by atoms with van der Waals surface area (Å²) in [6.45, 7) is 6.50. The van der Waals surface area contributed by atoms with Gasteiger partial charge in [0.15, 0.2) is 0 Å². The summed E-state index contributed by atoms with van der Waals surface area (Å²) >= 11 is 0. The third kappa shape index (κ3) is 3.94. The number of hydrogen-bond acceptors (Lipinski definition) is 4. The van der Waals surface area contributed by atoms with Crippen molar-refractivity contribution in [3.63, 3.8) is 0 Å². The zero-order valence-electron chi connectivity index (χ0n) is 15.1. The van der Waals surface area contributed by atoms with Crippen LogP contribution >= 0.6 is 0 Å². The highest BCUT2D eigenvalue weighted by Gasteiger charge is 2.15. The van der Waals surface area contributed by atoms with Crippen molar-refractivity contribution in [3.8, 4) is 5.75 Å². The Morgan fingerprint density at radius 2 is 1.81 bits per heavy atom. The van der Waals surface area contributed by atoms with Crippen molar-refractivity contribution in [3.05, 3.63) is 69.6 Å². The summed E-state index contributed by atoms with van der Waals surface area (Å²) in [7, 11) is 0. The molecule has 134 valence electrons. The topological polar surface area (TPSA) is 68.5 Å². The van der Waals surface area contributed by atoms with E-state index in [1.54, 1.807) is 24.3 Å². The molecule has 0 saturated heterocycles. The largest absolute Gasteiger partial charge is 0.493 e. The number of benzene rings is 2. The predicted octanol–water partition coefficient (Wildman–Crippen LogP) is 4.45. The first-order valence-electron chi connectivity index (χ1n) is 8.56. The molecule has 0 spiro atoms. The summed E-state index contributed by atoms with van der Waals surface area (Å²) in [5.41, 5.74) is 2.41. The van der Waals surface area contributed by atoms with Crippen molar-refractivity contribution < 1.29 is 13.9 Å². The third-order valence-corrected chi connectivity index (χ3v) is 3.90. The fraction of sp³-hybridized carbons (Fsp3) is 0.238. The van der Waals surface area contributed by atoms with Crippen LogP contribution in [0.2, 0.25) is 0 Å². The molecule has 0 atom stereocenters. The van der Waals surface area contributed by atoms with E-state index in [4.69, 9.17) is 9.15 Å². The summed E-state index contributed by atoms with van der Waals surface area (Å²) in [6.07, 6.45) is 0.888. The van der Waals surface area contributed by atoms with E-state index in [2.05, 4.69) is 5.32 Å². The second kappa shape index (κ2) is 7.44. The van der Waals surface area contributed by atoms with Gasteiger partial charge in [-0.2, -0.15) is 0 Å². The number of amides is 1. The summed E-state index contributed by atoms with van der Waals surface area (Å²) in [5, 5.41) is 3.43. The quantitative estimate of drug-likeness (QED) is 0.690. The highest BCUT2D eigenvalue weighted by Crippen LogP contribution is 2.21. The molecular weight excluding hydrogens is 330 g/mol. The zero-order valence-corrected chi connectivity index (χ0v) is 15.1. The molecule has 0 aliphatic carbocycles. The fourth-order valence-corrected chi connectivity index (χ4v) is 2.80. The highest BCUT2D eigenvalue weighted by atomic mass is 16.5. The van der Waals surface area contributed by atoms with Gasteiger partial charge in [-0.1, -0.05) is 13.0 Å². The van der Waals surface area contributed by atoms with Gasteiger partial charge in [0.1, 0.15) is 16.9 Å². The molecule has 0 aliphatic heterocycles. The second-order valence-electron chi connectivity index (χ2n) is 6.33. The minimum atomic E-state index is -0.674. The minimum Gasteiger partial charge on any atom is -0.493 e. The van der Waals surface area contributed by atoms with E-state index in [9.17, 15) is 9.59 Å². The second-order valence-corrected chi connectivity index (χ2v) is 6.33. The molecular formula is C21H21NO4. The summed E-state index contributed by atoms with van der Waals surface area (Å²) in [5.74, 6) is 0.145. The summed E-state index contributed by atoms with van der Waals surface area (Å²) < 4.78 is 10.9. The van der Waals surface area contributed by atoms with Gasteiger partial charge in [0.05, 0.1) is 6.61 Å². The first kappa shape index (κ1) is 17.7. The Morgan fingerprint density at radius 3 is 2.50 bits per heavy atom. The Balaban J connectivity index is 1.90. The number of carbonyl (C=O) groups excluding carboxylic acids is 1. The SMILES string of the molecule is CCCOc1ccc2cc(C(=O)Nc3cc(C)cc(C)c3)c(=O)oc2c1. The molecule has 3 aromatic rings. The first-order valence-corrected chi connectivity index (χ1v) is 8.56. The van der Waals surface area contributed by atoms with Crippen LogP contribution in [0.25, 0.3) is 11.0 Å². The van der Waals surface area contributed by atoms with Crippen molar-refractivity contribution in [1.29, 1.82) is 0 Å². The van der Waals surface area contributed by atoms with Crippen LogP contribution in [0.1, 0.15) is 34.8 Å². The van der Waals surface area contributed by atoms with E-state index in [0.717, 1.165) is 17.5 Å². The van der Waals surface area contributed by atoms with E-state index in [1.807, 2.05) is 39.0 Å². The van der Waals surface area contributed by atoms with Gasteiger partial charge in [-0.25, -0.2) is 4.79 Å². The lowest BCUT2D eigenvalue weighted by molar-refractivity contribution is 0.102. The Morgan fingerprint density at radius 1 is 1.08 bits per heavy atom. The molecule has 1 amide bonds. The molecule has 26 heavy (non-hydrogen) atoms. The summed E-state index contributed by atoms with van der Waals surface area (Å²) in [4.78, 5) is 24.8. The molecule has 5 heteroatoms. The maximum absolute atomic E-state index is 12.5. The maximum Gasteiger partial charge on any atom is 0.349 e. The lowest BCUT2D eigenvalue weighted by Gasteiger charge is -2.08.